The van der Waals surface area contributed by atoms with Crippen molar-refractivity contribution in [2.45, 2.75) is 6.18 Å². The highest BCUT2D eigenvalue weighted by atomic mass is 19.4. The van der Waals surface area contributed by atoms with Crippen LogP contribution in [0.25, 0.3) is 33.1 Å². The van der Waals surface area contributed by atoms with Crippen molar-refractivity contribution in [1.82, 2.24) is 0 Å². The normalized spacial score (nSPS) is 13.6. The number of hydrogen-bond donors (Lipinski definition) is 0. The van der Waals surface area contributed by atoms with Crippen molar-refractivity contribution in [2.75, 3.05) is 4.90 Å². The molecule has 0 saturated heterocycles. The zero-order valence-electron chi connectivity index (χ0n) is 17.8. The van der Waals surface area contributed by atoms with Gasteiger partial charge in [-0.3, -0.25) is 9.59 Å². The lowest BCUT2D eigenvalue weighted by atomic mass is 10.1. The minimum absolute atomic E-state index is 0.0149. The van der Waals surface area contributed by atoms with Crippen molar-refractivity contribution < 1.29 is 31.6 Å². The Morgan fingerprint density at radius 3 is 1.63 bits per heavy atom. The highest BCUT2D eigenvalue weighted by molar-refractivity contribution is 6.35. The highest BCUT2D eigenvalue weighted by Gasteiger charge is 2.39. The van der Waals surface area contributed by atoms with Gasteiger partial charge in [-0.05, 0) is 42.5 Å². The average molecular weight is 473 g/mol. The minimum Gasteiger partial charge on any atom is -0.453 e. The van der Waals surface area contributed by atoms with Gasteiger partial charge >= 0.3 is 6.18 Å². The van der Waals surface area contributed by atoms with Crippen LogP contribution < -0.4 is 4.90 Å². The van der Waals surface area contributed by atoms with E-state index >= 15 is 0 Å². The first-order valence-corrected chi connectivity index (χ1v) is 10.6. The van der Waals surface area contributed by atoms with E-state index in [2.05, 4.69) is 0 Å². The van der Waals surface area contributed by atoms with E-state index in [0.29, 0.717) is 11.2 Å². The number of rotatable bonds is 1. The molecule has 1 aliphatic rings. The molecular formula is C27H14F3NO4. The van der Waals surface area contributed by atoms with E-state index in [0.717, 1.165) is 33.9 Å². The SMILES string of the molecule is O=C1c2cc3oc4ccccc4c4ccccc4oc3cc2C(=O)N1c1cccc(C(F)(F)F)c1. The summed E-state index contributed by atoms with van der Waals surface area (Å²) in [5.41, 5.74) is 0.360. The monoisotopic (exact) mass is 473 g/mol. The van der Waals surface area contributed by atoms with Gasteiger partial charge in [0.2, 0.25) is 0 Å². The molecule has 0 aliphatic carbocycles. The standard InChI is InChI=1S/C27H14F3NO4/c28-27(29,30)15-6-5-7-16(12-15)31-25(32)19-13-23-24(14-20(19)26(31)33)35-22-11-4-2-9-18(22)17-8-1-3-10-21(17)34-23/h1-14H. The number of benzene rings is 4. The van der Waals surface area contributed by atoms with Gasteiger partial charge in [0, 0.05) is 10.8 Å². The van der Waals surface area contributed by atoms with Gasteiger partial charge in [-0.1, -0.05) is 42.5 Å². The molecule has 8 heteroatoms. The summed E-state index contributed by atoms with van der Waals surface area (Å²) in [5.74, 6) is -1.49. The van der Waals surface area contributed by atoms with Gasteiger partial charge in [0.25, 0.3) is 11.8 Å². The van der Waals surface area contributed by atoms with Crippen molar-refractivity contribution >= 4 is 50.6 Å². The number of amides is 2. The number of imide groups is 1. The van der Waals surface area contributed by atoms with E-state index in [4.69, 9.17) is 8.83 Å². The number of fused-ring (bicyclic) bond motifs is 5. The summed E-state index contributed by atoms with van der Waals surface area (Å²) in [4.78, 5) is 27.1. The molecule has 0 fully saturated rings. The fraction of sp³-hybridized carbons (Fsp3) is 0.0370. The number of carbonyl (C=O) groups excluding carboxylic acids is 2. The number of carbonyl (C=O) groups is 2. The van der Waals surface area contributed by atoms with Crippen LogP contribution in [0, 0.1) is 0 Å². The molecule has 0 unspecified atom stereocenters. The van der Waals surface area contributed by atoms with Gasteiger partial charge in [-0.25, -0.2) is 4.90 Å². The first-order valence-electron chi connectivity index (χ1n) is 10.6. The molecular weight excluding hydrogens is 459 g/mol. The van der Waals surface area contributed by atoms with E-state index in [1.165, 1.54) is 18.2 Å². The number of anilines is 1. The lowest BCUT2D eigenvalue weighted by Gasteiger charge is -2.15. The zero-order chi connectivity index (χ0) is 24.3. The van der Waals surface area contributed by atoms with Crippen LogP contribution >= 0.6 is 0 Å². The number of nitrogens with zero attached hydrogens (tertiary/aromatic N) is 1. The predicted octanol–water partition coefficient (Wildman–Crippen LogP) is 7.28. The predicted molar refractivity (Wildman–Crippen MR) is 124 cm³/mol. The van der Waals surface area contributed by atoms with Crippen molar-refractivity contribution in [3.05, 3.63) is 102 Å². The van der Waals surface area contributed by atoms with Crippen molar-refractivity contribution in [2.24, 2.45) is 0 Å². The summed E-state index contributed by atoms with van der Waals surface area (Å²) in [6.07, 6.45) is -4.62. The number of para-hydroxylation sites is 2. The Kier molecular flexibility index (Phi) is 4.47. The Hall–Kier alpha value is -4.59. The smallest absolute Gasteiger partial charge is 0.416 e. The van der Waals surface area contributed by atoms with Gasteiger partial charge in [-0.2, -0.15) is 13.2 Å². The third-order valence-electron chi connectivity index (χ3n) is 5.89. The van der Waals surface area contributed by atoms with Gasteiger partial charge in [-0.15, -0.1) is 0 Å². The second-order valence-electron chi connectivity index (χ2n) is 8.03. The molecule has 4 aromatic carbocycles. The minimum atomic E-state index is -4.62. The van der Waals surface area contributed by atoms with E-state index in [1.54, 1.807) is 24.3 Å². The second kappa shape index (κ2) is 7.46. The molecule has 0 radical (unpaired) electrons. The Balaban J connectivity index is 1.60. The number of alkyl halides is 3. The van der Waals surface area contributed by atoms with Crippen molar-refractivity contribution in [1.29, 1.82) is 0 Å². The van der Waals surface area contributed by atoms with E-state index in [9.17, 15) is 22.8 Å². The number of halogens is 3. The fourth-order valence-corrected chi connectivity index (χ4v) is 4.26. The van der Waals surface area contributed by atoms with E-state index in [-0.39, 0.29) is 28.0 Å². The van der Waals surface area contributed by atoms with E-state index < -0.39 is 23.6 Å². The molecule has 0 atom stereocenters. The quantitative estimate of drug-likeness (QED) is 0.240. The molecule has 2 heterocycles. The van der Waals surface area contributed by atoms with E-state index in [1.807, 2.05) is 24.3 Å². The first kappa shape index (κ1) is 21.0. The Labute approximate surface area is 195 Å². The van der Waals surface area contributed by atoms with Crippen LogP contribution in [0.4, 0.5) is 18.9 Å². The fourth-order valence-electron chi connectivity index (χ4n) is 4.26. The molecule has 6 rings (SSSR count). The zero-order valence-corrected chi connectivity index (χ0v) is 17.8. The van der Waals surface area contributed by atoms with Gasteiger partial charge < -0.3 is 8.83 Å². The van der Waals surface area contributed by atoms with Crippen LogP contribution in [0.5, 0.6) is 0 Å². The molecule has 0 spiro atoms. The third kappa shape index (κ3) is 3.33. The van der Waals surface area contributed by atoms with Crippen LogP contribution in [-0.4, -0.2) is 11.8 Å². The second-order valence-corrected chi connectivity index (χ2v) is 8.03. The largest absolute Gasteiger partial charge is 0.453 e. The summed E-state index contributed by atoms with van der Waals surface area (Å²) >= 11 is 0. The van der Waals surface area contributed by atoms with Crippen LogP contribution in [0.15, 0.2) is 93.8 Å². The summed E-state index contributed by atoms with van der Waals surface area (Å²) < 4.78 is 51.8. The summed E-state index contributed by atoms with van der Waals surface area (Å²) in [5, 5.41) is 1.56. The van der Waals surface area contributed by atoms with Crippen LogP contribution in [0.3, 0.4) is 0 Å². The van der Waals surface area contributed by atoms with Gasteiger partial charge in [0.15, 0.2) is 11.2 Å². The average Bonchev–Trinajstić information content (AvgIpc) is 3.07. The van der Waals surface area contributed by atoms with Crippen molar-refractivity contribution in [3.8, 4) is 0 Å². The maximum Gasteiger partial charge on any atom is 0.416 e. The molecule has 35 heavy (non-hydrogen) atoms. The highest BCUT2D eigenvalue weighted by Crippen LogP contribution is 2.36. The molecule has 5 nitrogen and oxygen atoms in total. The molecule has 0 bridgehead atoms. The third-order valence-corrected chi connectivity index (χ3v) is 5.89. The Morgan fingerprint density at radius 1 is 0.600 bits per heavy atom. The van der Waals surface area contributed by atoms with Gasteiger partial charge in [0.1, 0.15) is 11.2 Å². The summed E-state index contributed by atoms with van der Waals surface area (Å²) in [7, 11) is 0. The number of hydrogen-bond acceptors (Lipinski definition) is 4. The van der Waals surface area contributed by atoms with Crippen LogP contribution in [0.1, 0.15) is 26.3 Å². The topological polar surface area (TPSA) is 63.7 Å². The molecule has 2 amide bonds. The summed E-state index contributed by atoms with van der Waals surface area (Å²) in [6, 6.07) is 21.5. The maximum atomic E-state index is 13.2. The first-order chi connectivity index (χ1) is 16.8. The van der Waals surface area contributed by atoms with Crippen LogP contribution in [0.2, 0.25) is 0 Å². The molecule has 1 aliphatic heterocycles. The molecule has 5 aromatic rings. The Morgan fingerprint density at radius 2 is 1.11 bits per heavy atom. The van der Waals surface area contributed by atoms with Crippen LogP contribution in [-0.2, 0) is 6.18 Å². The molecule has 172 valence electrons. The molecule has 0 saturated carbocycles. The maximum absolute atomic E-state index is 13.2. The molecule has 1 aromatic heterocycles. The van der Waals surface area contributed by atoms with Gasteiger partial charge in [0.05, 0.1) is 22.4 Å². The lowest BCUT2D eigenvalue weighted by molar-refractivity contribution is -0.137. The summed E-state index contributed by atoms with van der Waals surface area (Å²) in [6.45, 7) is 0. The lowest BCUT2D eigenvalue weighted by Crippen LogP contribution is -2.29. The van der Waals surface area contributed by atoms with Crippen molar-refractivity contribution in [3.63, 3.8) is 0 Å². The Bertz CT molecular complexity index is 1640. The molecule has 0 N–H and O–H groups in total.